The van der Waals surface area contributed by atoms with Crippen LogP contribution in [0.3, 0.4) is 0 Å². The molecule has 0 fully saturated rings. The summed E-state index contributed by atoms with van der Waals surface area (Å²) in [5.41, 5.74) is 3.02. The van der Waals surface area contributed by atoms with Crippen LogP contribution in [0.2, 0.25) is 0 Å². The Morgan fingerprint density at radius 3 is 2.77 bits per heavy atom. The zero-order chi connectivity index (χ0) is 17.6. The van der Waals surface area contributed by atoms with E-state index in [4.69, 9.17) is 9.47 Å². The molecule has 2 aromatic rings. The first-order valence-corrected chi connectivity index (χ1v) is 8.66. The number of hydrogen-bond donors (Lipinski definition) is 2. The van der Waals surface area contributed by atoms with Gasteiger partial charge in [-0.3, -0.25) is 4.79 Å². The third-order valence-electron chi connectivity index (χ3n) is 4.08. The molecule has 26 heavy (non-hydrogen) atoms. The lowest BCUT2D eigenvalue weighted by Gasteiger charge is -2.14. The molecule has 0 radical (unpaired) electrons. The molecule has 0 aromatic heterocycles. The van der Waals surface area contributed by atoms with Gasteiger partial charge in [0.2, 0.25) is 5.91 Å². The Labute approximate surface area is 160 Å². The Kier molecular flexibility index (Phi) is 7.16. The average Bonchev–Trinajstić information content (AvgIpc) is 2.98. The van der Waals surface area contributed by atoms with Crippen LogP contribution in [-0.4, -0.2) is 25.2 Å². The molecule has 2 N–H and O–H groups in total. The van der Waals surface area contributed by atoms with Crippen LogP contribution < -0.4 is 20.1 Å². The van der Waals surface area contributed by atoms with Crippen molar-refractivity contribution in [1.29, 1.82) is 0 Å². The van der Waals surface area contributed by atoms with Crippen molar-refractivity contribution < 1.29 is 14.3 Å². The molecular weight excluding hydrogens is 352 g/mol. The first-order valence-electron chi connectivity index (χ1n) is 8.66. The Morgan fingerprint density at radius 1 is 1.27 bits per heavy atom. The first kappa shape index (κ1) is 19.9. The predicted molar refractivity (Wildman–Crippen MR) is 105 cm³/mol. The van der Waals surface area contributed by atoms with E-state index in [0.29, 0.717) is 13.2 Å². The summed E-state index contributed by atoms with van der Waals surface area (Å²) in [5.74, 6) is 1.64. The quantitative estimate of drug-likeness (QED) is 0.775. The molecule has 1 heterocycles. The molecular formula is C20H25ClN2O3. The van der Waals surface area contributed by atoms with E-state index in [1.54, 1.807) is 0 Å². The van der Waals surface area contributed by atoms with Crippen molar-refractivity contribution >= 4 is 24.0 Å². The van der Waals surface area contributed by atoms with Crippen molar-refractivity contribution in [2.45, 2.75) is 32.9 Å². The van der Waals surface area contributed by atoms with Gasteiger partial charge in [-0.05, 0) is 38.1 Å². The zero-order valence-electron chi connectivity index (χ0n) is 15.1. The lowest BCUT2D eigenvalue weighted by Crippen LogP contribution is -2.29. The van der Waals surface area contributed by atoms with Crippen LogP contribution in [0.4, 0.5) is 5.69 Å². The van der Waals surface area contributed by atoms with Crippen LogP contribution in [0, 0.1) is 0 Å². The molecule has 0 saturated carbocycles. The summed E-state index contributed by atoms with van der Waals surface area (Å²) in [4.78, 5) is 12.1. The number of benzene rings is 2. The highest BCUT2D eigenvalue weighted by Crippen LogP contribution is 2.35. The summed E-state index contributed by atoms with van der Waals surface area (Å²) in [5, 5.41) is 6.03. The zero-order valence-corrected chi connectivity index (χ0v) is 15.9. The molecule has 5 nitrogen and oxygen atoms in total. The van der Waals surface area contributed by atoms with Crippen molar-refractivity contribution in [3.05, 3.63) is 53.6 Å². The topological polar surface area (TPSA) is 59.6 Å². The third-order valence-corrected chi connectivity index (χ3v) is 4.08. The fraction of sp³-hybridized carbons (Fsp3) is 0.350. The summed E-state index contributed by atoms with van der Waals surface area (Å²) in [7, 11) is 0. The van der Waals surface area contributed by atoms with Gasteiger partial charge in [0.05, 0.1) is 13.2 Å². The van der Waals surface area contributed by atoms with Crippen molar-refractivity contribution in [1.82, 2.24) is 5.32 Å². The molecule has 0 saturated heterocycles. The molecule has 1 unspecified atom stereocenters. The number of para-hydroxylation sites is 1. The van der Waals surface area contributed by atoms with Gasteiger partial charge in [-0.25, -0.2) is 0 Å². The number of ether oxygens (including phenoxy) is 2. The number of amides is 1. The Morgan fingerprint density at radius 2 is 2.04 bits per heavy atom. The molecule has 2 aromatic carbocycles. The summed E-state index contributed by atoms with van der Waals surface area (Å²) in [6.45, 7) is 5.24. The summed E-state index contributed by atoms with van der Waals surface area (Å²) in [6.07, 6.45) is 1.08. The first-order chi connectivity index (χ1) is 12.2. The van der Waals surface area contributed by atoms with E-state index >= 15 is 0 Å². The molecule has 1 aliphatic rings. The number of nitrogens with one attached hydrogen (secondary N) is 2. The minimum Gasteiger partial charge on any atom is -0.494 e. The molecule has 140 valence electrons. The molecule has 1 amide bonds. The molecule has 0 bridgehead atoms. The van der Waals surface area contributed by atoms with Crippen LogP contribution in [0.1, 0.15) is 25.0 Å². The highest BCUT2D eigenvalue weighted by Gasteiger charge is 2.22. The van der Waals surface area contributed by atoms with Gasteiger partial charge in [0.15, 0.2) is 0 Å². The maximum Gasteiger partial charge on any atom is 0.239 e. The van der Waals surface area contributed by atoms with Crippen LogP contribution in [0.5, 0.6) is 11.5 Å². The monoisotopic (exact) mass is 376 g/mol. The second-order valence-corrected chi connectivity index (χ2v) is 6.13. The highest BCUT2D eigenvalue weighted by molar-refractivity contribution is 5.85. The fourth-order valence-electron chi connectivity index (χ4n) is 2.90. The van der Waals surface area contributed by atoms with E-state index in [-0.39, 0.29) is 31.0 Å². The molecule has 1 aliphatic heterocycles. The largest absolute Gasteiger partial charge is 0.494 e. The normalized spacial score (nSPS) is 14.6. The van der Waals surface area contributed by atoms with E-state index < -0.39 is 0 Å². The van der Waals surface area contributed by atoms with E-state index in [2.05, 4.69) is 17.6 Å². The fourth-order valence-corrected chi connectivity index (χ4v) is 2.90. The minimum absolute atomic E-state index is 0. The SMILES string of the molecule is CCOc1cc2c(cc1CNC(=O)CNc1ccccc1)OC(C)C2.Cl. The number of carbonyl (C=O) groups excluding carboxylic acids is 1. The number of anilines is 1. The Bertz CT molecular complexity index is 737. The summed E-state index contributed by atoms with van der Waals surface area (Å²) < 4.78 is 11.5. The average molecular weight is 377 g/mol. The van der Waals surface area contributed by atoms with Crippen molar-refractivity contribution in [3.8, 4) is 11.5 Å². The number of fused-ring (bicyclic) bond motifs is 1. The summed E-state index contributed by atoms with van der Waals surface area (Å²) in [6, 6.07) is 13.7. The van der Waals surface area contributed by atoms with Gasteiger partial charge < -0.3 is 20.1 Å². The second-order valence-electron chi connectivity index (χ2n) is 6.13. The van der Waals surface area contributed by atoms with Gasteiger partial charge in [0.25, 0.3) is 0 Å². The number of carbonyl (C=O) groups is 1. The Hall–Kier alpha value is -2.40. The van der Waals surface area contributed by atoms with Gasteiger partial charge in [-0.1, -0.05) is 18.2 Å². The maximum absolute atomic E-state index is 12.1. The van der Waals surface area contributed by atoms with Crippen LogP contribution in [-0.2, 0) is 17.8 Å². The Balaban J connectivity index is 0.00000243. The second kappa shape index (κ2) is 9.34. The molecule has 6 heteroatoms. The smallest absolute Gasteiger partial charge is 0.239 e. The van der Waals surface area contributed by atoms with E-state index in [1.165, 1.54) is 0 Å². The van der Waals surface area contributed by atoms with E-state index in [9.17, 15) is 4.79 Å². The van der Waals surface area contributed by atoms with E-state index in [0.717, 1.165) is 34.7 Å². The molecule has 1 atom stereocenters. The van der Waals surface area contributed by atoms with Gasteiger partial charge in [-0.15, -0.1) is 12.4 Å². The van der Waals surface area contributed by atoms with Gasteiger partial charge in [0, 0.05) is 29.8 Å². The standard InChI is InChI=1S/C20H24N2O3.ClH/c1-3-24-18-10-15-9-14(2)25-19(15)11-16(18)12-22-20(23)13-21-17-7-5-4-6-8-17;/h4-8,10-11,14,21H,3,9,12-13H2,1-2H3,(H,22,23);1H. The van der Waals surface area contributed by atoms with Crippen LogP contribution in [0.15, 0.2) is 42.5 Å². The third kappa shape index (κ3) is 5.05. The van der Waals surface area contributed by atoms with Crippen molar-refractivity contribution in [3.63, 3.8) is 0 Å². The molecule has 0 spiro atoms. The lowest BCUT2D eigenvalue weighted by atomic mass is 10.1. The summed E-state index contributed by atoms with van der Waals surface area (Å²) >= 11 is 0. The van der Waals surface area contributed by atoms with E-state index in [1.807, 2.05) is 49.4 Å². The van der Waals surface area contributed by atoms with Crippen LogP contribution >= 0.6 is 12.4 Å². The number of halogens is 1. The predicted octanol–water partition coefficient (Wildman–Crippen LogP) is 3.56. The van der Waals surface area contributed by atoms with Crippen molar-refractivity contribution in [2.24, 2.45) is 0 Å². The van der Waals surface area contributed by atoms with Gasteiger partial charge in [-0.2, -0.15) is 0 Å². The number of hydrogen-bond acceptors (Lipinski definition) is 4. The van der Waals surface area contributed by atoms with Crippen LogP contribution in [0.25, 0.3) is 0 Å². The van der Waals surface area contributed by atoms with Gasteiger partial charge >= 0.3 is 0 Å². The number of rotatable bonds is 7. The molecule has 0 aliphatic carbocycles. The van der Waals surface area contributed by atoms with Crippen molar-refractivity contribution in [2.75, 3.05) is 18.5 Å². The highest BCUT2D eigenvalue weighted by atomic mass is 35.5. The van der Waals surface area contributed by atoms with Gasteiger partial charge in [0.1, 0.15) is 17.6 Å². The maximum atomic E-state index is 12.1. The molecule has 3 rings (SSSR count). The minimum atomic E-state index is -0.0684. The lowest BCUT2D eigenvalue weighted by molar-refractivity contribution is -0.119.